The first kappa shape index (κ1) is 15.2. The number of hydrogen-bond donors (Lipinski definition) is 1. The molecule has 2 rings (SSSR count). The number of carbonyl (C=O) groups excluding carboxylic acids is 1. The van der Waals surface area contributed by atoms with Crippen LogP contribution in [0.2, 0.25) is 0 Å². The topological polar surface area (TPSA) is 51.5 Å². The molecular formula is C17H21NO3. The molecule has 1 atom stereocenters. The molecule has 0 aliphatic heterocycles. The second kappa shape index (κ2) is 7.53. The minimum absolute atomic E-state index is 0.0233. The van der Waals surface area contributed by atoms with Crippen LogP contribution >= 0.6 is 0 Å². The second-order valence-electron chi connectivity index (χ2n) is 5.11. The van der Waals surface area contributed by atoms with Gasteiger partial charge in [-0.15, -0.1) is 0 Å². The molecule has 0 unspecified atom stereocenters. The molecule has 1 aromatic heterocycles. The van der Waals surface area contributed by atoms with E-state index < -0.39 is 0 Å². The van der Waals surface area contributed by atoms with Crippen LogP contribution in [0, 0.1) is 0 Å². The average molecular weight is 287 g/mol. The normalized spacial score (nSPS) is 11.9. The molecule has 0 bridgehead atoms. The fourth-order valence-electron chi connectivity index (χ4n) is 2.18. The van der Waals surface area contributed by atoms with Gasteiger partial charge < -0.3 is 14.5 Å². The van der Waals surface area contributed by atoms with Crippen LogP contribution in [-0.2, 0) is 17.6 Å². The molecule has 21 heavy (non-hydrogen) atoms. The van der Waals surface area contributed by atoms with Crippen LogP contribution in [-0.4, -0.2) is 19.1 Å². The number of hydrogen-bond acceptors (Lipinski definition) is 3. The molecule has 0 radical (unpaired) electrons. The smallest absolute Gasteiger partial charge is 0.224 e. The van der Waals surface area contributed by atoms with Crippen molar-refractivity contribution in [2.45, 2.75) is 32.2 Å². The first-order chi connectivity index (χ1) is 10.2. The maximum atomic E-state index is 12.0. The molecular weight excluding hydrogens is 266 g/mol. The predicted molar refractivity (Wildman–Crippen MR) is 81.3 cm³/mol. The maximum Gasteiger partial charge on any atom is 0.224 e. The van der Waals surface area contributed by atoms with Crippen molar-refractivity contribution in [2.75, 3.05) is 7.11 Å². The Morgan fingerprint density at radius 2 is 2.19 bits per heavy atom. The van der Waals surface area contributed by atoms with Gasteiger partial charge in [-0.3, -0.25) is 4.79 Å². The first-order valence-corrected chi connectivity index (χ1v) is 7.12. The third-order valence-corrected chi connectivity index (χ3v) is 3.31. The Balaban J connectivity index is 1.77. The van der Waals surface area contributed by atoms with Gasteiger partial charge in [-0.1, -0.05) is 12.1 Å². The Bertz CT molecular complexity index is 563. The van der Waals surface area contributed by atoms with Crippen molar-refractivity contribution in [3.8, 4) is 5.75 Å². The minimum Gasteiger partial charge on any atom is -0.497 e. The molecule has 0 spiro atoms. The zero-order chi connectivity index (χ0) is 15.1. The Hall–Kier alpha value is -2.23. The molecule has 1 heterocycles. The summed E-state index contributed by atoms with van der Waals surface area (Å²) < 4.78 is 10.4. The number of ether oxygens (including phenoxy) is 1. The zero-order valence-electron chi connectivity index (χ0n) is 12.5. The summed E-state index contributed by atoms with van der Waals surface area (Å²) in [5.41, 5.74) is 0.949. The lowest BCUT2D eigenvalue weighted by Crippen LogP contribution is -2.34. The minimum atomic E-state index is 0.0233. The van der Waals surface area contributed by atoms with Crippen LogP contribution in [0.25, 0.3) is 0 Å². The lowest BCUT2D eigenvalue weighted by atomic mass is 10.1. The summed E-state index contributed by atoms with van der Waals surface area (Å²) >= 11 is 0. The van der Waals surface area contributed by atoms with E-state index in [1.54, 1.807) is 13.4 Å². The first-order valence-electron chi connectivity index (χ1n) is 7.12. The molecule has 2 aromatic rings. The Morgan fingerprint density at radius 3 is 2.90 bits per heavy atom. The van der Waals surface area contributed by atoms with Crippen molar-refractivity contribution in [2.24, 2.45) is 0 Å². The lowest BCUT2D eigenvalue weighted by Gasteiger charge is -2.13. The molecule has 1 N–H and O–H groups in total. The van der Waals surface area contributed by atoms with E-state index in [4.69, 9.17) is 9.15 Å². The summed E-state index contributed by atoms with van der Waals surface area (Å²) in [6, 6.07) is 11.5. The molecule has 4 nitrogen and oxygen atoms in total. The highest BCUT2D eigenvalue weighted by molar-refractivity contribution is 5.78. The standard InChI is InChI=1S/C17H21NO3/c1-13(8-9-15-7-4-10-21-15)18-17(19)12-14-5-3-6-16(11-14)20-2/h3-7,10-11,13H,8-9,12H2,1-2H3,(H,18,19)/t13-/m0/s1. The molecule has 0 saturated heterocycles. The second-order valence-corrected chi connectivity index (χ2v) is 5.11. The Labute approximate surface area is 125 Å². The van der Waals surface area contributed by atoms with Gasteiger partial charge in [0.05, 0.1) is 19.8 Å². The summed E-state index contributed by atoms with van der Waals surface area (Å²) in [6.07, 6.45) is 3.72. The van der Waals surface area contributed by atoms with Crippen molar-refractivity contribution in [1.29, 1.82) is 0 Å². The molecule has 0 saturated carbocycles. The third-order valence-electron chi connectivity index (χ3n) is 3.31. The van der Waals surface area contributed by atoms with Gasteiger partial charge in [0.25, 0.3) is 0 Å². The number of aryl methyl sites for hydroxylation is 1. The summed E-state index contributed by atoms with van der Waals surface area (Å²) in [7, 11) is 1.62. The Morgan fingerprint density at radius 1 is 1.33 bits per heavy atom. The fraction of sp³-hybridized carbons (Fsp3) is 0.353. The van der Waals surface area contributed by atoms with E-state index in [1.807, 2.05) is 43.3 Å². The largest absolute Gasteiger partial charge is 0.497 e. The highest BCUT2D eigenvalue weighted by atomic mass is 16.5. The number of furan rings is 1. The van der Waals surface area contributed by atoms with Crippen LogP contribution in [0.4, 0.5) is 0 Å². The van der Waals surface area contributed by atoms with Crippen LogP contribution < -0.4 is 10.1 Å². The van der Waals surface area contributed by atoms with Gasteiger partial charge in [0, 0.05) is 12.5 Å². The van der Waals surface area contributed by atoms with E-state index in [-0.39, 0.29) is 11.9 Å². The molecule has 4 heteroatoms. The van der Waals surface area contributed by atoms with Crippen molar-refractivity contribution in [3.63, 3.8) is 0 Å². The number of methoxy groups -OCH3 is 1. The summed E-state index contributed by atoms with van der Waals surface area (Å²) in [4.78, 5) is 12.0. The van der Waals surface area contributed by atoms with Gasteiger partial charge in [0.15, 0.2) is 0 Å². The van der Waals surface area contributed by atoms with Crippen molar-refractivity contribution in [3.05, 3.63) is 54.0 Å². The number of amides is 1. The lowest BCUT2D eigenvalue weighted by molar-refractivity contribution is -0.121. The van der Waals surface area contributed by atoms with Gasteiger partial charge in [-0.05, 0) is 43.2 Å². The third kappa shape index (κ3) is 4.99. The van der Waals surface area contributed by atoms with E-state index in [0.717, 1.165) is 29.9 Å². The van der Waals surface area contributed by atoms with Crippen LogP contribution in [0.3, 0.4) is 0 Å². The Kier molecular flexibility index (Phi) is 5.43. The molecule has 0 aliphatic carbocycles. The van der Waals surface area contributed by atoms with E-state index in [1.165, 1.54) is 0 Å². The zero-order valence-corrected chi connectivity index (χ0v) is 12.5. The molecule has 1 amide bonds. The van der Waals surface area contributed by atoms with Crippen molar-refractivity contribution < 1.29 is 13.9 Å². The van der Waals surface area contributed by atoms with Gasteiger partial charge in [-0.25, -0.2) is 0 Å². The molecule has 112 valence electrons. The van der Waals surface area contributed by atoms with Gasteiger partial charge in [-0.2, -0.15) is 0 Å². The summed E-state index contributed by atoms with van der Waals surface area (Å²) in [6.45, 7) is 2.01. The monoisotopic (exact) mass is 287 g/mol. The number of nitrogens with one attached hydrogen (secondary N) is 1. The van der Waals surface area contributed by atoms with E-state index in [0.29, 0.717) is 6.42 Å². The van der Waals surface area contributed by atoms with Gasteiger partial charge in [0.2, 0.25) is 5.91 Å². The van der Waals surface area contributed by atoms with Crippen LogP contribution in [0.5, 0.6) is 5.75 Å². The highest BCUT2D eigenvalue weighted by Gasteiger charge is 2.09. The van der Waals surface area contributed by atoms with E-state index >= 15 is 0 Å². The van der Waals surface area contributed by atoms with Crippen molar-refractivity contribution in [1.82, 2.24) is 5.32 Å². The average Bonchev–Trinajstić information content (AvgIpc) is 2.98. The van der Waals surface area contributed by atoms with E-state index in [2.05, 4.69) is 5.32 Å². The molecule has 0 fully saturated rings. The number of rotatable bonds is 7. The SMILES string of the molecule is COc1cccc(CC(=O)N[C@@H](C)CCc2ccco2)c1. The quantitative estimate of drug-likeness (QED) is 0.851. The summed E-state index contributed by atoms with van der Waals surface area (Å²) in [5.74, 6) is 1.74. The number of carbonyl (C=O) groups is 1. The highest BCUT2D eigenvalue weighted by Crippen LogP contribution is 2.13. The molecule has 0 aliphatic rings. The van der Waals surface area contributed by atoms with Gasteiger partial charge >= 0.3 is 0 Å². The fourth-order valence-corrected chi connectivity index (χ4v) is 2.18. The maximum absolute atomic E-state index is 12.0. The van der Waals surface area contributed by atoms with Crippen LogP contribution in [0.15, 0.2) is 47.1 Å². The molecule has 1 aromatic carbocycles. The van der Waals surface area contributed by atoms with Crippen molar-refractivity contribution >= 4 is 5.91 Å². The van der Waals surface area contributed by atoms with E-state index in [9.17, 15) is 4.79 Å². The summed E-state index contributed by atoms with van der Waals surface area (Å²) in [5, 5.41) is 3.01. The van der Waals surface area contributed by atoms with Crippen LogP contribution in [0.1, 0.15) is 24.7 Å². The van der Waals surface area contributed by atoms with Gasteiger partial charge in [0.1, 0.15) is 11.5 Å². The number of benzene rings is 1. The predicted octanol–water partition coefficient (Wildman–Crippen LogP) is 2.97.